The molecular formula is C22H25N3O5S. The highest BCUT2D eigenvalue weighted by molar-refractivity contribution is 7.17. The second-order valence-corrected chi connectivity index (χ2v) is 9.40. The van der Waals surface area contributed by atoms with E-state index in [9.17, 15) is 19.2 Å². The van der Waals surface area contributed by atoms with Crippen molar-refractivity contribution in [1.29, 1.82) is 0 Å². The van der Waals surface area contributed by atoms with Crippen LogP contribution in [0.3, 0.4) is 0 Å². The SMILES string of the molecule is CC(C)(C)NC(=O)c1ccccc1C(=O)OCC(=O)Nc1sc2c(c1C(N)=O)CCC2. The maximum absolute atomic E-state index is 12.5. The number of benzene rings is 1. The van der Waals surface area contributed by atoms with Gasteiger partial charge in [-0.25, -0.2) is 4.79 Å². The lowest BCUT2D eigenvalue weighted by Crippen LogP contribution is -2.41. The summed E-state index contributed by atoms with van der Waals surface area (Å²) in [6, 6.07) is 6.23. The maximum Gasteiger partial charge on any atom is 0.339 e. The summed E-state index contributed by atoms with van der Waals surface area (Å²) in [5.41, 5.74) is 6.46. The van der Waals surface area contributed by atoms with Crippen LogP contribution in [-0.2, 0) is 22.4 Å². The Bertz CT molecular complexity index is 1050. The summed E-state index contributed by atoms with van der Waals surface area (Å²) in [5, 5.41) is 5.79. The van der Waals surface area contributed by atoms with Crippen LogP contribution in [0, 0.1) is 0 Å². The third kappa shape index (κ3) is 5.29. The van der Waals surface area contributed by atoms with Crippen LogP contribution >= 0.6 is 11.3 Å². The fraction of sp³-hybridized carbons (Fsp3) is 0.364. The highest BCUT2D eigenvalue weighted by Gasteiger charge is 2.27. The lowest BCUT2D eigenvalue weighted by atomic mass is 10.0. The number of nitrogens with one attached hydrogen (secondary N) is 2. The Morgan fingerprint density at radius 2 is 1.77 bits per heavy atom. The van der Waals surface area contributed by atoms with Gasteiger partial charge in [-0.2, -0.15) is 0 Å². The van der Waals surface area contributed by atoms with Crippen molar-refractivity contribution in [3.8, 4) is 0 Å². The average Bonchev–Trinajstić information content (AvgIpc) is 3.25. The van der Waals surface area contributed by atoms with Crippen molar-refractivity contribution in [2.75, 3.05) is 11.9 Å². The first-order chi connectivity index (χ1) is 14.6. The predicted molar refractivity (Wildman–Crippen MR) is 117 cm³/mol. The molecule has 2 aromatic rings. The second-order valence-electron chi connectivity index (χ2n) is 8.30. The van der Waals surface area contributed by atoms with Gasteiger partial charge in [-0.3, -0.25) is 14.4 Å². The third-order valence-electron chi connectivity index (χ3n) is 4.64. The fourth-order valence-electron chi connectivity index (χ4n) is 3.39. The summed E-state index contributed by atoms with van der Waals surface area (Å²) in [6.45, 7) is 4.93. The van der Waals surface area contributed by atoms with Gasteiger partial charge in [-0.05, 0) is 57.7 Å². The topological polar surface area (TPSA) is 128 Å². The number of thiophene rings is 1. The molecule has 0 bridgehead atoms. The van der Waals surface area contributed by atoms with Gasteiger partial charge < -0.3 is 21.1 Å². The van der Waals surface area contributed by atoms with Crippen LogP contribution in [0.4, 0.5) is 5.00 Å². The molecule has 3 rings (SSSR count). The van der Waals surface area contributed by atoms with Crippen LogP contribution in [0.2, 0.25) is 0 Å². The lowest BCUT2D eigenvalue weighted by Gasteiger charge is -2.21. The van der Waals surface area contributed by atoms with E-state index >= 15 is 0 Å². The molecule has 0 aliphatic heterocycles. The molecule has 9 heteroatoms. The number of primary amides is 1. The molecule has 0 spiro atoms. The van der Waals surface area contributed by atoms with Gasteiger partial charge in [0.15, 0.2) is 6.61 Å². The molecule has 1 aromatic heterocycles. The first-order valence-electron chi connectivity index (χ1n) is 9.89. The molecular weight excluding hydrogens is 418 g/mol. The maximum atomic E-state index is 12.5. The van der Waals surface area contributed by atoms with Crippen molar-refractivity contribution in [2.24, 2.45) is 5.73 Å². The number of ether oxygens (including phenoxy) is 1. The summed E-state index contributed by atoms with van der Waals surface area (Å²) in [5.74, 6) is -2.39. The van der Waals surface area contributed by atoms with Gasteiger partial charge in [0, 0.05) is 10.4 Å². The van der Waals surface area contributed by atoms with Crippen LogP contribution in [0.1, 0.15) is 68.7 Å². The van der Waals surface area contributed by atoms with Crippen molar-refractivity contribution in [3.63, 3.8) is 0 Å². The van der Waals surface area contributed by atoms with Gasteiger partial charge in [0.05, 0.1) is 16.7 Å². The number of carbonyl (C=O) groups is 4. The number of hydrogen-bond acceptors (Lipinski definition) is 6. The highest BCUT2D eigenvalue weighted by Crippen LogP contribution is 2.38. The fourth-order valence-corrected chi connectivity index (χ4v) is 4.70. The van der Waals surface area contributed by atoms with Crippen LogP contribution in [0.5, 0.6) is 0 Å². The van der Waals surface area contributed by atoms with Crippen LogP contribution in [0.15, 0.2) is 24.3 Å². The van der Waals surface area contributed by atoms with E-state index in [-0.39, 0.29) is 11.1 Å². The second kappa shape index (κ2) is 8.89. The monoisotopic (exact) mass is 443 g/mol. The highest BCUT2D eigenvalue weighted by atomic mass is 32.1. The lowest BCUT2D eigenvalue weighted by molar-refractivity contribution is -0.119. The Balaban J connectivity index is 1.67. The zero-order valence-corrected chi connectivity index (χ0v) is 18.5. The molecule has 164 valence electrons. The molecule has 0 unspecified atom stereocenters. The van der Waals surface area contributed by atoms with Crippen molar-refractivity contribution in [2.45, 2.75) is 45.6 Å². The summed E-state index contributed by atoms with van der Waals surface area (Å²) in [4.78, 5) is 50.2. The Morgan fingerprint density at radius 1 is 1.10 bits per heavy atom. The molecule has 0 saturated heterocycles. The first-order valence-corrected chi connectivity index (χ1v) is 10.7. The van der Waals surface area contributed by atoms with E-state index in [2.05, 4.69) is 10.6 Å². The largest absolute Gasteiger partial charge is 0.452 e. The van der Waals surface area contributed by atoms with Crippen molar-refractivity contribution in [3.05, 3.63) is 51.4 Å². The summed E-state index contributed by atoms with van der Waals surface area (Å²) < 4.78 is 5.12. The number of amides is 3. The van der Waals surface area contributed by atoms with Gasteiger partial charge in [0.25, 0.3) is 17.7 Å². The van der Waals surface area contributed by atoms with E-state index in [0.29, 0.717) is 10.6 Å². The minimum Gasteiger partial charge on any atom is -0.452 e. The molecule has 4 N–H and O–H groups in total. The standard InChI is InChI=1S/C22H25N3O5S/c1-22(2,3)25-19(28)12-7-4-5-8-13(12)21(29)30-11-16(26)24-20-17(18(23)27)14-9-6-10-15(14)31-20/h4-5,7-8H,6,9-11H2,1-3H3,(H2,23,27)(H,24,26)(H,25,28). The zero-order chi connectivity index (χ0) is 22.8. The summed E-state index contributed by atoms with van der Waals surface area (Å²) in [6.07, 6.45) is 2.55. The van der Waals surface area contributed by atoms with Crippen molar-refractivity contribution in [1.82, 2.24) is 5.32 Å². The van der Waals surface area contributed by atoms with Gasteiger partial charge >= 0.3 is 5.97 Å². The normalized spacial score (nSPS) is 12.7. The number of hydrogen-bond donors (Lipinski definition) is 3. The van der Waals surface area contributed by atoms with Crippen LogP contribution in [-0.4, -0.2) is 35.8 Å². The van der Waals surface area contributed by atoms with E-state index in [1.54, 1.807) is 12.1 Å². The minimum absolute atomic E-state index is 0.0602. The van der Waals surface area contributed by atoms with E-state index in [1.807, 2.05) is 20.8 Å². The van der Waals surface area contributed by atoms with Gasteiger partial charge in [0.1, 0.15) is 5.00 Å². The first kappa shape index (κ1) is 22.5. The molecule has 3 amide bonds. The molecule has 31 heavy (non-hydrogen) atoms. The number of carbonyl (C=O) groups excluding carboxylic acids is 4. The quantitative estimate of drug-likeness (QED) is 0.592. The molecule has 8 nitrogen and oxygen atoms in total. The number of rotatable bonds is 6. The Hall–Kier alpha value is -3.20. The third-order valence-corrected chi connectivity index (χ3v) is 5.84. The molecule has 0 radical (unpaired) electrons. The molecule has 1 aromatic carbocycles. The van der Waals surface area contributed by atoms with Crippen LogP contribution < -0.4 is 16.4 Å². The number of aryl methyl sites for hydroxylation is 1. The smallest absolute Gasteiger partial charge is 0.339 e. The van der Waals surface area contributed by atoms with Crippen LogP contribution in [0.25, 0.3) is 0 Å². The van der Waals surface area contributed by atoms with Gasteiger partial charge in [-0.15, -0.1) is 11.3 Å². The van der Waals surface area contributed by atoms with E-state index in [4.69, 9.17) is 10.5 Å². The average molecular weight is 444 g/mol. The molecule has 0 fully saturated rings. The summed E-state index contributed by atoms with van der Waals surface area (Å²) >= 11 is 1.32. The Kier molecular flexibility index (Phi) is 6.45. The van der Waals surface area contributed by atoms with Crippen molar-refractivity contribution < 1.29 is 23.9 Å². The number of anilines is 1. The minimum atomic E-state index is -0.793. The Morgan fingerprint density at radius 3 is 2.42 bits per heavy atom. The van der Waals surface area contributed by atoms with E-state index < -0.39 is 35.8 Å². The predicted octanol–water partition coefficient (Wildman–Crippen LogP) is 2.66. The van der Waals surface area contributed by atoms with E-state index in [0.717, 1.165) is 29.7 Å². The molecule has 1 aliphatic carbocycles. The van der Waals surface area contributed by atoms with Gasteiger partial charge in [0.2, 0.25) is 0 Å². The number of fused-ring (bicyclic) bond motifs is 1. The van der Waals surface area contributed by atoms with E-state index in [1.165, 1.54) is 23.5 Å². The Labute approximate surface area is 184 Å². The zero-order valence-electron chi connectivity index (χ0n) is 17.7. The van der Waals surface area contributed by atoms with Gasteiger partial charge in [-0.1, -0.05) is 12.1 Å². The van der Waals surface area contributed by atoms with Crippen molar-refractivity contribution >= 4 is 40.0 Å². The number of esters is 1. The molecule has 1 aliphatic rings. The summed E-state index contributed by atoms with van der Waals surface area (Å²) in [7, 11) is 0. The molecule has 0 atom stereocenters. The number of nitrogens with two attached hydrogens (primary N) is 1. The molecule has 0 saturated carbocycles. The molecule has 1 heterocycles.